The van der Waals surface area contributed by atoms with Crippen LogP contribution in [-0.4, -0.2) is 31.3 Å². The van der Waals surface area contributed by atoms with Gasteiger partial charge < -0.3 is 14.8 Å². The van der Waals surface area contributed by atoms with Gasteiger partial charge >= 0.3 is 0 Å². The van der Waals surface area contributed by atoms with Gasteiger partial charge in [0.25, 0.3) is 5.91 Å². The van der Waals surface area contributed by atoms with Crippen LogP contribution in [0, 0.1) is 5.82 Å². The molecule has 1 aromatic rings. The Kier molecular flexibility index (Phi) is 7.75. The molecule has 0 heterocycles. The van der Waals surface area contributed by atoms with Gasteiger partial charge in [-0.3, -0.25) is 4.79 Å². The van der Waals surface area contributed by atoms with E-state index in [1.807, 2.05) is 20.8 Å². The number of amides is 1. The number of carbonyl (C=O) groups excluding carboxylic acids is 1. The minimum absolute atomic E-state index is 0.161. The van der Waals surface area contributed by atoms with Gasteiger partial charge in [-0.15, -0.1) is 0 Å². The van der Waals surface area contributed by atoms with Gasteiger partial charge in [0.2, 0.25) is 0 Å². The number of halogens is 1. The summed E-state index contributed by atoms with van der Waals surface area (Å²) in [6, 6.07) is 5.65. The lowest BCUT2D eigenvalue weighted by molar-refractivity contribution is -0.128. The van der Waals surface area contributed by atoms with Crippen molar-refractivity contribution in [2.75, 3.05) is 13.2 Å². The largest absolute Gasteiger partial charge is 0.481 e. The molecule has 0 radical (unpaired) electrons. The lowest BCUT2D eigenvalue weighted by Crippen LogP contribution is -2.38. The van der Waals surface area contributed by atoms with Crippen LogP contribution in [0.3, 0.4) is 0 Å². The molecule has 0 saturated carbocycles. The van der Waals surface area contributed by atoms with E-state index < -0.39 is 6.10 Å². The molecule has 0 bridgehead atoms. The third-order valence-corrected chi connectivity index (χ3v) is 2.83. The molecule has 1 amide bonds. The van der Waals surface area contributed by atoms with E-state index >= 15 is 0 Å². The zero-order valence-corrected chi connectivity index (χ0v) is 12.9. The SMILES string of the molecule is CC[C@H](Oc1ccc(F)cc1)C(=O)NCCCOC(C)C. The molecular weight excluding hydrogens is 273 g/mol. The van der Waals surface area contributed by atoms with Gasteiger partial charge in [0.1, 0.15) is 11.6 Å². The van der Waals surface area contributed by atoms with Crippen LogP contribution in [0.4, 0.5) is 4.39 Å². The van der Waals surface area contributed by atoms with E-state index in [0.29, 0.717) is 25.3 Å². The van der Waals surface area contributed by atoms with E-state index in [1.54, 1.807) is 0 Å². The second-order valence-corrected chi connectivity index (χ2v) is 5.03. The van der Waals surface area contributed by atoms with Gasteiger partial charge in [0.05, 0.1) is 6.10 Å². The van der Waals surface area contributed by atoms with E-state index in [2.05, 4.69) is 5.32 Å². The van der Waals surface area contributed by atoms with E-state index in [0.717, 1.165) is 6.42 Å². The fourth-order valence-corrected chi connectivity index (χ4v) is 1.72. The number of carbonyl (C=O) groups is 1. The number of benzene rings is 1. The van der Waals surface area contributed by atoms with Crippen molar-refractivity contribution in [3.63, 3.8) is 0 Å². The molecular formula is C16H24FNO3. The maximum absolute atomic E-state index is 12.8. The first-order valence-corrected chi connectivity index (χ1v) is 7.34. The van der Waals surface area contributed by atoms with Crippen LogP contribution in [-0.2, 0) is 9.53 Å². The minimum atomic E-state index is -0.568. The van der Waals surface area contributed by atoms with E-state index in [9.17, 15) is 9.18 Å². The molecule has 5 heteroatoms. The number of rotatable bonds is 9. The molecule has 1 aromatic carbocycles. The first-order chi connectivity index (χ1) is 10.0. The molecule has 118 valence electrons. The van der Waals surface area contributed by atoms with Crippen LogP contribution in [0.25, 0.3) is 0 Å². The summed E-state index contributed by atoms with van der Waals surface area (Å²) in [5, 5.41) is 2.82. The number of hydrogen-bond acceptors (Lipinski definition) is 3. The highest BCUT2D eigenvalue weighted by molar-refractivity contribution is 5.81. The lowest BCUT2D eigenvalue weighted by atomic mass is 10.2. The highest BCUT2D eigenvalue weighted by Crippen LogP contribution is 2.14. The topological polar surface area (TPSA) is 47.6 Å². The Balaban J connectivity index is 2.34. The summed E-state index contributed by atoms with van der Waals surface area (Å²) < 4.78 is 23.8. The Bertz CT molecular complexity index is 420. The van der Waals surface area contributed by atoms with Crippen molar-refractivity contribution in [1.29, 1.82) is 0 Å². The predicted molar refractivity (Wildman–Crippen MR) is 79.8 cm³/mol. The third kappa shape index (κ3) is 7.09. The zero-order chi connectivity index (χ0) is 15.7. The second kappa shape index (κ2) is 9.34. The summed E-state index contributed by atoms with van der Waals surface area (Å²) in [6.45, 7) is 6.99. The molecule has 1 atom stereocenters. The Morgan fingerprint density at radius 1 is 1.29 bits per heavy atom. The first kappa shape index (κ1) is 17.4. The monoisotopic (exact) mass is 297 g/mol. The van der Waals surface area contributed by atoms with Crippen molar-refractivity contribution in [3.05, 3.63) is 30.1 Å². The summed E-state index contributed by atoms with van der Waals surface area (Å²) in [7, 11) is 0. The fourth-order valence-electron chi connectivity index (χ4n) is 1.72. The molecule has 1 N–H and O–H groups in total. The molecule has 0 aliphatic carbocycles. The first-order valence-electron chi connectivity index (χ1n) is 7.34. The van der Waals surface area contributed by atoms with Crippen LogP contribution < -0.4 is 10.1 Å². The fraction of sp³-hybridized carbons (Fsp3) is 0.562. The van der Waals surface area contributed by atoms with Gasteiger partial charge in [0, 0.05) is 13.2 Å². The summed E-state index contributed by atoms with van der Waals surface area (Å²) in [4.78, 5) is 12.0. The molecule has 21 heavy (non-hydrogen) atoms. The highest BCUT2D eigenvalue weighted by Gasteiger charge is 2.17. The maximum atomic E-state index is 12.8. The zero-order valence-electron chi connectivity index (χ0n) is 12.9. The van der Waals surface area contributed by atoms with E-state index in [1.165, 1.54) is 24.3 Å². The average Bonchev–Trinajstić information content (AvgIpc) is 2.45. The summed E-state index contributed by atoms with van der Waals surface area (Å²) >= 11 is 0. The molecule has 0 unspecified atom stereocenters. The highest BCUT2D eigenvalue weighted by atomic mass is 19.1. The predicted octanol–water partition coefficient (Wildman–Crippen LogP) is 2.91. The van der Waals surface area contributed by atoms with Crippen LogP contribution in [0.2, 0.25) is 0 Å². The average molecular weight is 297 g/mol. The standard InChI is InChI=1S/C16H24FNO3/c1-4-15(21-14-8-6-13(17)7-9-14)16(19)18-10-5-11-20-12(2)3/h6-9,12,15H,4-5,10-11H2,1-3H3,(H,18,19)/t15-/m0/s1. The molecule has 0 fully saturated rings. The molecule has 0 aliphatic heterocycles. The Hall–Kier alpha value is -1.62. The smallest absolute Gasteiger partial charge is 0.261 e. The van der Waals surface area contributed by atoms with Crippen molar-refractivity contribution < 1.29 is 18.7 Å². The summed E-state index contributed by atoms with van der Waals surface area (Å²) in [5.41, 5.74) is 0. The molecule has 0 aliphatic rings. The molecule has 0 spiro atoms. The molecule has 1 rings (SSSR count). The molecule has 0 aromatic heterocycles. The van der Waals surface area contributed by atoms with Crippen molar-refractivity contribution in [2.24, 2.45) is 0 Å². The summed E-state index contributed by atoms with van der Waals surface area (Å²) in [5.74, 6) is -0.00193. The van der Waals surface area contributed by atoms with Gasteiger partial charge in [0.15, 0.2) is 6.10 Å². The quantitative estimate of drug-likeness (QED) is 0.713. The number of hydrogen-bond donors (Lipinski definition) is 1. The van der Waals surface area contributed by atoms with Crippen LogP contribution in [0.5, 0.6) is 5.75 Å². The van der Waals surface area contributed by atoms with Crippen molar-refractivity contribution in [1.82, 2.24) is 5.32 Å². The van der Waals surface area contributed by atoms with Gasteiger partial charge in [-0.25, -0.2) is 4.39 Å². The Labute approximate surface area is 125 Å². The van der Waals surface area contributed by atoms with Crippen molar-refractivity contribution in [3.8, 4) is 5.75 Å². The lowest BCUT2D eigenvalue weighted by Gasteiger charge is -2.17. The van der Waals surface area contributed by atoms with Crippen LogP contribution in [0.15, 0.2) is 24.3 Å². The molecule has 4 nitrogen and oxygen atoms in total. The van der Waals surface area contributed by atoms with Crippen LogP contribution >= 0.6 is 0 Å². The van der Waals surface area contributed by atoms with Crippen molar-refractivity contribution in [2.45, 2.75) is 45.8 Å². The molecule has 0 saturated heterocycles. The Morgan fingerprint density at radius 2 is 1.95 bits per heavy atom. The second-order valence-electron chi connectivity index (χ2n) is 5.03. The van der Waals surface area contributed by atoms with E-state index in [4.69, 9.17) is 9.47 Å². The van der Waals surface area contributed by atoms with Crippen molar-refractivity contribution >= 4 is 5.91 Å². The van der Waals surface area contributed by atoms with Gasteiger partial charge in [-0.2, -0.15) is 0 Å². The summed E-state index contributed by atoms with van der Waals surface area (Å²) in [6.07, 6.45) is 0.940. The third-order valence-electron chi connectivity index (χ3n) is 2.83. The number of nitrogens with one attached hydrogen (secondary N) is 1. The minimum Gasteiger partial charge on any atom is -0.481 e. The van der Waals surface area contributed by atoms with Crippen LogP contribution in [0.1, 0.15) is 33.6 Å². The normalized spacial score (nSPS) is 12.2. The van der Waals surface area contributed by atoms with Gasteiger partial charge in [-0.1, -0.05) is 6.92 Å². The maximum Gasteiger partial charge on any atom is 0.261 e. The Morgan fingerprint density at radius 3 is 2.52 bits per heavy atom. The van der Waals surface area contributed by atoms with E-state index in [-0.39, 0.29) is 17.8 Å². The number of ether oxygens (including phenoxy) is 2. The van der Waals surface area contributed by atoms with Gasteiger partial charge in [-0.05, 0) is 51.0 Å².